The molecule has 1 heterocycles. The van der Waals surface area contributed by atoms with Crippen molar-refractivity contribution in [3.63, 3.8) is 0 Å². The van der Waals surface area contributed by atoms with Crippen LogP contribution in [0.1, 0.15) is 0 Å². The summed E-state index contributed by atoms with van der Waals surface area (Å²) in [4.78, 5) is 17.7. The number of fused-ring (bicyclic) bond motifs is 1. The summed E-state index contributed by atoms with van der Waals surface area (Å²) in [6, 6.07) is 7.74. The molecule has 0 aliphatic rings. The molecule has 0 aliphatic heterocycles. The Kier molecular flexibility index (Phi) is 3.45. The maximum Gasteiger partial charge on any atom is 0.271 e. The molecular weight excluding hydrogens is 354 g/mol. The highest BCUT2D eigenvalue weighted by Gasteiger charge is 2.16. The molecule has 1 aromatic heterocycles. The number of non-ortho nitro benzene ring substituents is 1. The van der Waals surface area contributed by atoms with Crippen LogP contribution >= 0.6 is 15.9 Å². The number of nitrogens with zero attached hydrogens (tertiary/aromatic N) is 2. The van der Waals surface area contributed by atoms with Crippen molar-refractivity contribution in [3.8, 4) is 22.9 Å². The van der Waals surface area contributed by atoms with Gasteiger partial charge in [-0.05, 0) is 34.1 Å². The van der Waals surface area contributed by atoms with Gasteiger partial charge in [-0.25, -0.2) is 4.98 Å². The lowest BCUT2D eigenvalue weighted by atomic mass is 10.2. The van der Waals surface area contributed by atoms with E-state index in [0.717, 1.165) is 0 Å². The number of aromatic hydroxyl groups is 1. The number of aromatic amines is 1. The molecule has 7 nitrogen and oxygen atoms in total. The molecule has 2 N–H and O–H groups in total. The number of rotatable bonds is 3. The lowest BCUT2D eigenvalue weighted by Gasteiger charge is -2.08. The van der Waals surface area contributed by atoms with Gasteiger partial charge in [0.2, 0.25) is 0 Å². The topological polar surface area (TPSA) is 101 Å². The normalized spacial score (nSPS) is 10.8. The molecular formula is C14H10BrN3O4. The Labute approximate surface area is 132 Å². The first kappa shape index (κ1) is 14.3. The lowest BCUT2D eigenvalue weighted by Crippen LogP contribution is -1.88. The quantitative estimate of drug-likeness (QED) is 0.546. The molecule has 0 saturated heterocycles. The van der Waals surface area contributed by atoms with Crippen LogP contribution in [0.3, 0.4) is 0 Å². The number of nitro benzene ring substituents is 1. The first-order valence-electron chi connectivity index (χ1n) is 6.21. The monoisotopic (exact) mass is 363 g/mol. The van der Waals surface area contributed by atoms with Crippen LogP contribution in [0.15, 0.2) is 34.8 Å². The number of benzene rings is 2. The number of imidazole rings is 1. The van der Waals surface area contributed by atoms with E-state index in [-0.39, 0.29) is 11.4 Å². The van der Waals surface area contributed by atoms with Gasteiger partial charge in [0.1, 0.15) is 5.82 Å². The second-order valence-corrected chi connectivity index (χ2v) is 5.31. The molecule has 0 saturated carbocycles. The number of H-pyrrole nitrogens is 1. The zero-order valence-corrected chi connectivity index (χ0v) is 12.9. The van der Waals surface area contributed by atoms with Crippen LogP contribution in [-0.4, -0.2) is 27.1 Å². The number of hydrogen-bond donors (Lipinski definition) is 2. The molecule has 2 aromatic carbocycles. The summed E-state index contributed by atoms with van der Waals surface area (Å²) in [5.74, 6) is 0.786. The Morgan fingerprint density at radius 3 is 2.82 bits per heavy atom. The molecule has 22 heavy (non-hydrogen) atoms. The highest BCUT2D eigenvalue weighted by atomic mass is 79.9. The lowest BCUT2D eigenvalue weighted by molar-refractivity contribution is -0.384. The van der Waals surface area contributed by atoms with Crippen molar-refractivity contribution in [2.24, 2.45) is 0 Å². The third kappa shape index (κ3) is 2.27. The van der Waals surface area contributed by atoms with Crippen LogP contribution in [-0.2, 0) is 0 Å². The van der Waals surface area contributed by atoms with Crippen molar-refractivity contribution in [1.82, 2.24) is 9.97 Å². The maximum absolute atomic E-state index is 10.8. The second-order valence-electron chi connectivity index (χ2n) is 4.52. The van der Waals surface area contributed by atoms with Gasteiger partial charge in [-0.2, -0.15) is 0 Å². The van der Waals surface area contributed by atoms with E-state index in [1.165, 1.54) is 19.2 Å². The van der Waals surface area contributed by atoms with Gasteiger partial charge in [-0.1, -0.05) is 0 Å². The fourth-order valence-corrected chi connectivity index (χ4v) is 2.65. The Balaban J connectivity index is 2.15. The zero-order chi connectivity index (χ0) is 15.9. The van der Waals surface area contributed by atoms with Crippen molar-refractivity contribution in [1.29, 1.82) is 0 Å². The molecule has 3 rings (SSSR count). The SMILES string of the molecule is COc1ccc(-c2nc3ccc([N+](=O)[O-])cc3[nH]2)c(Br)c1O. The first-order valence-corrected chi connectivity index (χ1v) is 7.00. The van der Waals surface area contributed by atoms with Crippen LogP contribution in [0.4, 0.5) is 5.69 Å². The number of phenolic OH excluding ortho intramolecular Hbond substituents is 1. The van der Waals surface area contributed by atoms with Crippen molar-refractivity contribution in [3.05, 3.63) is 44.9 Å². The number of methoxy groups -OCH3 is 1. The summed E-state index contributed by atoms with van der Waals surface area (Å²) < 4.78 is 5.46. The Morgan fingerprint density at radius 1 is 1.36 bits per heavy atom. The van der Waals surface area contributed by atoms with E-state index in [1.807, 2.05) is 0 Å². The van der Waals surface area contributed by atoms with E-state index >= 15 is 0 Å². The molecule has 0 spiro atoms. The summed E-state index contributed by atoms with van der Waals surface area (Å²) in [6.45, 7) is 0. The van der Waals surface area contributed by atoms with Crippen LogP contribution in [0.25, 0.3) is 22.4 Å². The van der Waals surface area contributed by atoms with Crippen molar-refractivity contribution in [2.45, 2.75) is 0 Å². The smallest absolute Gasteiger partial charge is 0.271 e. The number of halogens is 1. The number of nitro groups is 1. The van der Waals surface area contributed by atoms with Gasteiger partial charge in [0.15, 0.2) is 11.5 Å². The molecule has 0 unspecified atom stereocenters. The van der Waals surface area contributed by atoms with E-state index in [2.05, 4.69) is 25.9 Å². The Hall–Kier alpha value is -2.61. The predicted octanol–water partition coefficient (Wildman–Crippen LogP) is 3.61. The van der Waals surface area contributed by atoms with E-state index < -0.39 is 4.92 Å². The highest BCUT2D eigenvalue weighted by Crippen LogP contribution is 2.40. The maximum atomic E-state index is 10.8. The Bertz CT molecular complexity index is 891. The van der Waals surface area contributed by atoms with Gasteiger partial charge in [0.05, 0.1) is 27.5 Å². The van der Waals surface area contributed by atoms with Gasteiger partial charge in [-0.15, -0.1) is 0 Å². The van der Waals surface area contributed by atoms with E-state index in [9.17, 15) is 15.2 Å². The largest absolute Gasteiger partial charge is 0.503 e. The van der Waals surface area contributed by atoms with Gasteiger partial charge < -0.3 is 14.8 Å². The summed E-state index contributed by atoms with van der Waals surface area (Å²) in [5.41, 5.74) is 1.76. The molecule has 0 atom stereocenters. The first-order chi connectivity index (χ1) is 10.5. The molecule has 0 aliphatic carbocycles. The zero-order valence-electron chi connectivity index (χ0n) is 11.3. The fourth-order valence-electron chi connectivity index (χ4n) is 2.13. The highest BCUT2D eigenvalue weighted by molar-refractivity contribution is 9.10. The van der Waals surface area contributed by atoms with Gasteiger partial charge >= 0.3 is 0 Å². The summed E-state index contributed by atoms with van der Waals surface area (Å²) in [6.07, 6.45) is 0. The summed E-state index contributed by atoms with van der Waals surface area (Å²) in [5, 5.41) is 20.8. The molecule has 8 heteroatoms. The minimum atomic E-state index is -0.463. The van der Waals surface area contributed by atoms with Gasteiger partial charge in [0, 0.05) is 17.7 Å². The number of nitrogens with one attached hydrogen (secondary N) is 1. The molecule has 0 fully saturated rings. The average molecular weight is 364 g/mol. The average Bonchev–Trinajstić information content (AvgIpc) is 2.92. The van der Waals surface area contributed by atoms with Gasteiger partial charge in [-0.3, -0.25) is 10.1 Å². The minimum Gasteiger partial charge on any atom is -0.503 e. The third-order valence-electron chi connectivity index (χ3n) is 3.23. The third-order valence-corrected chi connectivity index (χ3v) is 4.03. The van der Waals surface area contributed by atoms with Crippen LogP contribution in [0, 0.1) is 10.1 Å². The summed E-state index contributed by atoms with van der Waals surface area (Å²) in [7, 11) is 1.46. The van der Waals surface area contributed by atoms with Crippen LogP contribution in [0.2, 0.25) is 0 Å². The van der Waals surface area contributed by atoms with E-state index in [4.69, 9.17) is 4.74 Å². The van der Waals surface area contributed by atoms with E-state index in [0.29, 0.717) is 32.6 Å². The number of ether oxygens (including phenoxy) is 1. The van der Waals surface area contributed by atoms with E-state index in [1.54, 1.807) is 18.2 Å². The molecule has 0 bridgehead atoms. The van der Waals surface area contributed by atoms with Crippen LogP contribution in [0.5, 0.6) is 11.5 Å². The number of phenols is 1. The van der Waals surface area contributed by atoms with Crippen LogP contribution < -0.4 is 4.74 Å². The predicted molar refractivity (Wildman–Crippen MR) is 84.1 cm³/mol. The minimum absolute atomic E-state index is 0.0145. The number of aromatic nitrogens is 2. The fraction of sp³-hybridized carbons (Fsp3) is 0.0714. The Morgan fingerprint density at radius 2 is 2.14 bits per heavy atom. The van der Waals surface area contributed by atoms with Crippen molar-refractivity contribution in [2.75, 3.05) is 7.11 Å². The molecule has 0 radical (unpaired) electrons. The molecule has 0 amide bonds. The molecule has 112 valence electrons. The number of hydrogen-bond acceptors (Lipinski definition) is 5. The standard InChI is InChI=1S/C14H10BrN3O4/c1-22-11-5-3-8(12(15)13(11)19)14-16-9-4-2-7(18(20)21)6-10(9)17-14/h2-6,19H,1H3,(H,16,17). The van der Waals surface area contributed by atoms with Crippen molar-refractivity contribution < 1.29 is 14.8 Å². The second kappa shape index (κ2) is 5.30. The van der Waals surface area contributed by atoms with Gasteiger partial charge in [0.25, 0.3) is 5.69 Å². The van der Waals surface area contributed by atoms with Crippen molar-refractivity contribution >= 4 is 32.7 Å². The summed E-state index contributed by atoms with van der Waals surface area (Å²) >= 11 is 3.31. The molecule has 3 aromatic rings.